The number of amides is 2. The first-order chi connectivity index (χ1) is 14.0. The van der Waals surface area contributed by atoms with Crippen molar-refractivity contribution in [3.05, 3.63) is 78.0 Å². The molecule has 0 aliphatic rings. The van der Waals surface area contributed by atoms with Gasteiger partial charge in [-0.05, 0) is 49.2 Å². The molecule has 0 unspecified atom stereocenters. The monoisotopic (exact) mass is 388 g/mol. The standard InChI is InChI=1S/C22H20N4O3/c1-14-7-8-16(18-13-26-9-3-5-15(2)21(26)25-18)11-17(14)24-20(27)12-23-22(28)19-6-4-10-29-19/h3-11,13H,12H2,1-2H3,(H,23,28)(H,24,27). The molecule has 2 N–H and O–H groups in total. The largest absolute Gasteiger partial charge is 0.459 e. The topological polar surface area (TPSA) is 88.6 Å². The number of furan rings is 1. The van der Waals surface area contributed by atoms with Crippen LogP contribution in [-0.4, -0.2) is 27.7 Å². The number of rotatable bonds is 5. The maximum absolute atomic E-state index is 12.3. The van der Waals surface area contributed by atoms with Crippen molar-refractivity contribution in [3.8, 4) is 11.3 Å². The van der Waals surface area contributed by atoms with E-state index in [2.05, 4.69) is 10.6 Å². The highest BCUT2D eigenvalue weighted by Gasteiger charge is 2.12. The smallest absolute Gasteiger partial charge is 0.287 e. The van der Waals surface area contributed by atoms with Gasteiger partial charge in [-0.1, -0.05) is 18.2 Å². The number of fused-ring (bicyclic) bond motifs is 1. The van der Waals surface area contributed by atoms with Gasteiger partial charge in [0.05, 0.1) is 18.5 Å². The van der Waals surface area contributed by atoms with Crippen molar-refractivity contribution in [2.75, 3.05) is 11.9 Å². The molecular weight excluding hydrogens is 368 g/mol. The number of carbonyl (C=O) groups is 2. The lowest BCUT2D eigenvalue weighted by molar-refractivity contribution is -0.115. The first-order valence-corrected chi connectivity index (χ1v) is 9.18. The Morgan fingerprint density at radius 2 is 1.97 bits per heavy atom. The normalized spacial score (nSPS) is 10.8. The maximum Gasteiger partial charge on any atom is 0.287 e. The van der Waals surface area contributed by atoms with Crippen molar-refractivity contribution in [1.29, 1.82) is 0 Å². The number of benzene rings is 1. The molecule has 0 aliphatic heterocycles. The van der Waals surface area contributed by atoms with Gasteiger partial charge in [0.2, 0.25) is 5.91 Å². The Balaban J connectivity index is 1.50. The van der Waals surface area contributed by atoms with E-state index >= 15 is 0 Å². The maximum atomic E-state index is 12.3. The number of hydrogen-bond donors (Lipinski definition) is 2. The van der Waals surface area contributed by atoms with E-state index in [-0.39, 0.29) is 18.2 Å². The molecule has 0 saturated heterocycles. The molecule has 3 aromatic heterocycles. The van der Waals surface area contributed by atoms with E-state index in [0.29, 0.717) is 5.69 Å². The van der Waals surface area contributed by atoms with Crippen LogP contribution in [0, 0.1) is 13.8 Å². The summed E-state index contributed by atoms with van der Waals surface area (Å²) in [5.41, 5.74) is 5.29. The van der Waals surface area contributed by atoms with Crippen LogP contribution >= 0.6 is 0 Å². The molecule has 0 fully saturated rings. The molecule has 3 heterocycles. The van der Waals surface area contributed by atoms with Crippen molar-refractivity contribution in [1.82, 2.24) is 14.7 Å². The fourth-order valence-electron chi connectivity index (χ4n) is 3.06. The average molecular weight is 388 g/mol. The van der Waals surface area contributed by atoms with Gasteiger partial charge in [0.25, 0.3) is 5.91 Å². The second-order valence-corrected chi connectivity index (χ2v) is 6.79. The van der Waals surface area contributed by atoms with Crippen LogP contribution < -0.4 is 10.6 Å². The van der Waals surface area contributed by atoms with Gasteiger partial charge in [0.15, 0.2) is 5.76 Å². The summed E-state index contributed by atoms with van der Waals surface area (Å²) in [4.78, 5) is 28.9. The lowest BCUT2D eigenvalue weighted by atomic mass is 10.1. The van der Waals surface area contributed by atoms with E-state index in [1.807, 2.05) is 61.0 Å². The summed E-state index contributed by atoms with van der Waals surface area (Å²) in [6, 6.07) is 12.9. The Bertz CT molecular complexity index is 1190. The summed E-state index contributed by atoms with van der Waals surface area (Å²) in [6.07, 6.45) is 5.32. The molecule has 29 heavy (non-hydrogen) atoms. The summed E-state index contributed by atoms with van der Waals surface area (Å²) >= 11 is 0. The van der Waals surface area contributed by atoms with Crippen LogP contribution in [0.1, 0.15) is 21.7 Å². The van der Waals surface area contributed by atoms with Gasteiger partial charge in [-0.2, -0.15) is 0 Å². The van der Waals surface area contributed by atoms with Gasteiger partial charge in [-0.15, -0.1) is 0 Å². The molecule has 7 heteroatoms. The van der Waals surface area contributed by atoms with Crippen molar-refractivity contribution >= 4 is 23.1 Å². The van der Waals surface area contributed by atoms with E-state index in [1.54, 1.807) is 6.07 Å². The Labute approximate surface area is 167 Å². The van der Waals surface area contributed by atoms with Gasteiger partial charge >= 0.3 is 0 Å². The first kappa shape index (κ1) is 18.5. The predicted molar refractivity (Wildman–Crippen MR) is 110 cm³/mol. The average Bonchev–Trinajstić information content (AvgIpc) is 3.38. The number of nitrogens with zero attached hydrogens (tertiary/aromatic N) is 2. The lowest BCUT2D eigenvalue weighted by Crippen LogP contribution is -2.32. The number of nitrogens with one attached hydrogen (secondary N) is 2. The Hall–Kier alpha value is -3.87. The first-order valence-electron chi connectivity index (χ1n) is 9.18. The highest BCUT2D eigenvalue weighted by molar-refractivity contribution is 5.98. The van der Waals surface area contributed by atoms with Crippen LogP contribution in [-0.2, 0) is 4.79 Å². The molecule has 146 valence electrons. The number of imidazole rings is 1. The zero-order valence-electron chi connectivity index (χ0n) is 16.1. The van der Waals surface area contributed by atoms with Crippen molar-refractivity contribution in [2.24, 2.45) is 0 Å². The van der Waals surface area contributed by atoms with Gasteiger partial charge in [-0.3, -0.25) is 9.59 Å². The predicted octanol–water partition coefficient (Wildman–Crippen LogP) is 3.58. The second-order valence-electron chi connectivity index (χ2n) is 6.79. The lowest BCUT2D eigenvalue weighted by Gasteiger charge is -2.10. The van der Waals surface area contributed by atoms with E-state index < -0.39 is 5.91 Å². The highest BCUT2D eigenvalue weighted by Crippen LogP contribution is 2.26. The van der Waals surface area contributed by atoms with Crippen LogP contribution in [0.15, 0.2) is 65.5 Å². The SMILES string of the molecule is Cc1ccc(-c2cn3cccc(C)c3n2)cc1NC(=O)CNC(=O)c1ccco1. The third-order valence-electron chi connectivity index (χ3n) is 4.64. The molecule has 0 radical (unpaired) electrons. The third-order valence-corrected chi connectivity index (χ3v) is 4.64. The molecule has 0 spiro atoms. The van der Waals surface area contributed by atoms with Gasteiger partial charge < -0.3 is 19.5 Å². The summed E-state index contributed by atoms with van der Waals surface area (Å²) in [7, 11) is 0. The Morgan fingerprint density at radius 3 is 2.72 bits per heavy atom. The van der Waals surface area contributed by atoms with Crippen molar-refractivity contribution in [3.63, 3.8) is 0 Å². The molecule has 7 nitrogen and oxygen atoms in total. The zero-order valence-corrected chi connectivity index (χ0v) is 16.1. The molecule has 2 amide bonds. The molecule has 4 aromatic rings. The van der Waals surface area contributed by atoms with Crippen LogP contribution in [0.25, 0.3) is 16.9 Å². The number of pyridine rings is 1. The second kappa shape index (κ2) is 7.63. The number of carbonyl (C=O) groups excluding carboxylic acids is 2. The molecule has 0 saturated carbocycles. The third kappa shape index (κ3) is 3.89. The molecular formula is C22H20N4O3. The molecule has 0 aliphatic carbocycles. The fourth-order valence-corrected chi connectivity index (χ4v) is 3.06. The van der Waals surface area contributed by atoms with Gasteiger partial charge in [0.1, 0.15) is 5.65 Å². The molecule has 1 aromatic carbocycles. The summed E-state index contributed by atoms with van der Waals surface area (Å²) < 4.78 is 6.99. The highest BCUT2D eigenvalue weighted by atomic mass is 16.3. The van der Waals surface area contributed by atoms with Crippen LogP contribution in [0.2, 0.25) is 0 Å². The quantitative estimate of drug-likeness (QED) is 0.547. The summed E-state index contributed by atoms with van der Waals surface area (Å²) in [5.74, 6) is -0.593. The zero-order chi connectivity index (χ0) is 20.4. The number of hydrogen-bond acceptors (Lipinski definition) is 4. The van der Waals surface area contributed by atoms with E-state index in [4.69, 9.17) is 9.40 Å². The minimum Gasteiger partial charge on any atom is -0.459 e. The minimum atomic E-state index is -0.435. The number of anilines is 1. The number of aromatic nitrogens is 2. The minimum absolute atomic E-state index is 0.156. The van der Waals surface area contributed by atoms with Crippen LogP contribution in [0.3, 0.4) is 0 Å². The van der Waals surface area contributed by atoms with E-state index in [9.17, 15) is 9.59 Å². The van der Waals surface area contributed by atoms with E-state index in [0.717, 1.165) is 28.0 Å². The summed E-state index contributed by atoms with van der Waals surface area (Å²) in [6.45, 7) is 3.77. The van der Waals surface area contributed by atoms with E-state index in [1.165, 1.54) is 12.3 Å². The van der Waals surface area contributed by atoms with Crippen molar-refractivity contribution in [2.45, 2.75) is 13.8 Å². The number of aryl methyl sites for hydroxylation is 2. The molecule has 0 bridgehead atoms. The molecule has 0 atom stereocenters. The Kier molecular flexibility index (Phi) is 4.87. The fraction of sp³-hybridized carbons (Fsp3) is 0.136. The van der Waals surface area contributed by atoms with Crippen molar-refractivity contribution < 1.29 is 14.0 Å². The Morgan fingerprint density at radius 1 is 1.10 bits per heavy atom. The van der Waals surface area contributed by atoms with Gasteiger partial charge in [-0.25, -0.2) is 4.98 Å². The van der Waals surface area contributed by atoms with Gasteiger partial charge in [0, 0.05) is 23.6 Å². The van der Waals surface area contributed by atoms with Crippen LogP contribution in [0.5, 0.6) is 0 Å². The molecule has 4 rings (SSSR count). The van der Waals surface area contributed by atoms with Crippen LogP contribution in [0.4, 0.5) is 5.69 Å². The summed E-state index contributed by atoms with van der Waals surface area (Å²) in [5, 5.41) is 5.38.